The average molecular weight is 477 g/mol. The second-order valence-corrected chi connectivity index (χ2v) is 13.2. The van der Waals surface area contributed by atoms with E-state index in [1.54, 1.807) is 19.2 Å². The molecule has 0 aliphatic carbocycles. The van der Waals surface area contributed by atoms with Crippen LogP contribution in [-0.2, 0) is 0 Å². The Morgan fingerprint density at radius 2 is 1.72 bits per heavy atom. The molecule has 3 aromatic rings. The highest BCUT2D eigenvalue weighted by molar-refractivity contribution is 6.88. The van der Waals surface area contributed by atoms with Gasteiger partial charge in [0.2, 0.25) is 17.7 Å². The Labute approximate surface area is 192 Å². The largest absolute Gasteiger partial charge is 0.479 e. The van der Waals surface area contributed by atoms with Gasteiger partial charge in [0.25, 0.3) is 11.9 Å². The van der Waals surface area contributed by atoms with Crippen molar-refractivity contribution in [2.75, 3.05) is 31.9 Å². The molecule has 1 amide bonds. The molecule has 0 aliphatic heterocycles. The van der Waals surface area contributed by atoms with Crippen molar-refractivity contribution < 1.29 is 23.4 Å². The molecule has 32 heavy (non-hydrogen) atoms. The summed E-state index contributed by atoms with van der Waals surface area (Å²) in [7, 11) is 2.95. The van der Waals surface area contributed by atoms with Gasteiger partial charge in [0.15, 0.2) is 11.4 Å². The van der Waals surface area contributed by atoms with Crippen LogP contribution in [0.4, 0.5) is 11.6 Å². The summed E-state index contributed by atoms with van der Waals surface area (Å²) in [6, 6.07) is 8.75. The van der Waals surface area contributed by atoms with E-state index in [1.165, 1.54) is 25.5 Å². The fourth-order valence-electron chi connectivity index (χ4n) is 2.76. The minimum Gasteiger partial charge on any atom is -0.479 e. The lowest BCUT2D eigenvalue weighted by Gasteiger charge is -2.17. The molecule has 3 rings (SSSR count). The van der Waals surface area contributed by atoms with Crippen molar-refractivity contribution in [2.24, 2.45) is 0 Å². The summed E-state index contributed by atoms with van der Waals surface area (Å²) in [5, 5.41) is 7.08. The van der Waals surface area contributed by atoms with Crippen LogP contribution in [0.1, 0.15) is 10.6 Å². The maximum absolute atomic E-state index is 12.8. The fraction of sp³-hybridized carbons (Fsp3) is 0.286. The van der Waals surface area contributed by atoms with Gasteiger partial charge in [0.1, 0.15) is 5.75 Å². The van der Waals surface area contributed by atoms with Crippen molar-refractivity contribution in [1.82, 2.24) is 9.97 Å². The minimum absolute atomic E-state index is 0.0132. The van der Waals surface area contributed by atoms with E-state index < -0.39 is 14.0 Å². The van der Waals surface area contributed by atoms with Crippen LogP contribution in [0.2, 0.25) is 24.7 Å². The first-order valence-electron chi connectivity index (χ1n) is 9.73. The summed E-state index contributed by atoms with van der Waals surface area (Å²) >= 11 is 6.29. The Kier molecular flexibility index (Phi) is 6.95. The first-order chi connectivity index (χ1) is 15.2. The third-order valence-corrected chi connectivity index (χ3v) is 6.86. The SMILES string of the molecule is CNc1nc(OC)c(NC(=O)c2ccc(Oc3cc([Si](C)(C)C)ccc3Cl)o2)c(OC)n1. The van der Waals surface area contributed by atoms with E-state index >= 15 is 0 Å². The van der Waals surface area contributed by atoms with Gasteiger partial charge < -0.3 is 29.3 Å². The second kappa shape index (κ2) is 9.49. The highest BCUT2D eigenvalue weighted by atomic mass is 35.5. The lowest BCUT2D eigenvalue weighted by molar-refractivity contribution is 0.0990. The molecule has 2 N–H and O–H groups in total. The smallest absolute Gasteiger partial charge is 0.291 e. The van der Waals surface area contributed by atoms with Gasteiger partial charge in [-0.05, 0) is 18.2 Å². The van der Waals surface area contributed by atoms with E-state index in [0.717, 1.165) is 0 Å². The maximum atomic E-state index is 12.8. The van der Waals surface area contributed by atoms with Gasteiger partial charge >= 0.3 is 0 Å². The first-order valence-corrected chi connectivity index (χ1v) is 13.6. The van der Waals surface area contributed by atoms with Crippen LogP contribution in [0, 0.1) is 0 Å². The van der Waals surface area contributed by atoms with Crippen LogP contribution in [0.15, 0.2) is 34.7 Å². The molecule has 0 saturated heterocycles. The summed E-state index contributed by atoms with van der Waals surface area (Å²) in [5.74, 6) is 0.596. The van der Waals surface area contributed by atoms with E-state index in [-0.39, 0.29) is 35.1 Å². The maximum Gasteiger partial charge on any atom is 0.291 e. The van der Waals surface area contributed by atoms with Gasteiger partial charge in [-0.2, -0.15) is 9.97 Å². The van der Waals surface area contributed by atoms with Crippen LogP contribution >= 0.6 is 11.6 Å². The molecule has 1 aromatic carbocycles. The van der Waals surface area contributed by atoms with Gasteiger partial charge in [-0.15, -0.1) is 0 Å². The third-order valence-electron chi connectivity index (χ3n) is 4.50. The topological polar surface area (TPSA) is 108 Å². The minimum atomic E-state index is -1.56. The number of furan rings is 1. The molecule has 0 aliphatic rings. The van der Waals surface area contributed by atoms with Crippen molar-refractivity contribution in [1.29, 1.82) is 0 Å². The van der Waals surface area contributed by atoms with Gasteiger partial charge in [0.05, 0.1) is 27.3 Å². The Bertz CT molecular complexity index is 1100. The van der Waals surface area contributed by atoms with Crippen molar-refractivity contribution in [3.8, 4) is 23.5 Å². The Morgan fingerprint density at radius 1 is 1.06 bits per heavy atom. The van der Waals surface area contributed by atoms with Crippen LogP contribution in [0.3, 0.4) is 0 Å². The summed E-state index contributed by atoms with van der Waals surface area (Å²) in [6.07, 6.45) is 0. The van der Waals surface area contributed by atoms with E-state index in [9.17, 15) is 4.79 Å². The van der Waals surface area contributed by atoms with Gasteiger partial charge in [-0.1, -0.05) is 42.5 Å². The molecule has 170 valence electrons. The molecule has 0 radical (unpaired) electrons. The number of hydrogen-bond donors (Lipinski definition) is 2. The Morgan fingerprint density at radius 3 is 2.28 bits per heavy atom. The summed E-state index contributed by atoms with van der Waals surface area (Å²) in [6.45, 7) is 6.68. The van der Waals surface area contributed by atoms with Crippen LogP contribution in [0.5, 0.6) is 23.5 Å². The number of amides is 1. The van der Waals surface area contributed by atoms with Gasteiger partial charge in [-0.3, -0.25) is 4.79 Å². The summed E-state index contributed by atoms with van der Waals surface area (Å²) in [4.78, 5) is 21.1. The number of carbonyl (C=O) groups excluding carboxylic acids is 1. The predicted molar refractivity (Wildman–Crippen MR) is 126 cm³/mol. The highest BCUT2D eigenvalue weighted by Crippen LogP contribution is 2.34. The fourth-order valence-corrected chi connectivity index (χ4v) is 4.07. The molecule has 0 saturated carbocycles. The Hall–Kier alpha value is -3.24. The highest BCUT2D eigenvalue weighted by Gasteiger charge is 2.22. The van der Waals surface area contributed by atoms with Crippen molar-refractivity contribution >= 4 is 42.4 Å². The molecule has 0 fully saturated rings. The normalized spacial score (nSPS) is 11.1. The number of nitrogens with zero attached hydrogens (tertiary/aromatic N) is 2. The molecular weight excluding hydrogens is 452 g/mol. The average Bonchev–Trinajstić information content (AvgIpc) is 3.23. The van der Waals surface area contributed by atoms with Gasteiger partial charge in [0, 0.05) is 13.1 Å². The third kappa shape index (κ3) is 5.14. The van der Waals surface area contributed by atoms with Crippen LogP contribution < -0.4 is 30.0 Å². The quantitative estimate of drug-likeness (QED) is 0.461. The lowest BCUT2D eigenvalue weighted by atomic mass is 10.3. The molecule has 9 nitrogen and oxygen atoms in total. The number of anilines is 2. The van der Waals surface area contributed by atoms with Crippen molar-refractivity contribution in [3.63, 3.8) is 0 Å². The number of ether oxygens (including phenoxy) is 3. The number of aromatic nitrogens is 2. The summed E-state index contributed by atoms with van der Waals surface area (Å²) < 4.78 is 21.9. The monoisotopic (exact) mass is 476 g/mol. The number of nitrogens with one attached hydrogen (secondary N) is 2. The number of hydrogen-bond acceptors (Lipinski definition) is 8. The van der Waals surface area contributed by atoms with Crippen molar-refractivity contribution in [3.05, 3.63) is 41.1 Å². The second-order valence-electron chi connectivity index (χ2n) is 7.76. The zero-order valence-corrected chi connectivity index (χ0v) is 20.5. The lowest BCUT2D eigenvalue weighted by Crippen LogP contribution is -2.37. The zero-order chi connectivity index (χ0) is 23.5. The zero-order valence-electron chi connectivity index (χ0n) is 18.7. The van der Waals surface area contributed by atoms with E-state index in [1.807, 2.05) is 12.1 Å². The Balaban J connectivity index is 1.82. The first kappa shape index (κ1) is 23.4. The molecule has 0 atom stereocenters. The number of halogens is 1. The number of carbonyl (C=O) groups is 1. The van der Waals surface area contributed by atoms with E-state index in [2.05, 4.69) is 40.2 Å². The van der Waals surface area contributed by atoms with Crippen LogP contribution in [-0.4, -0.2) is 45.2 Å². The molecule has 2 aromatic heterocycles. The number of benzene rings is 1. The molecule has 0 unspecified atom stereocenters. The van der Waals surface area contributed by atoms with Gasteiger partial charge in [-0.25, -0.2) is 0 Å². The number of rotatable bonds is 8. The number of methoxy groups -OCH3 is 2. The van der Waals surface area contributed by atoms with Crippen molar-refractivity contribution in [2.45, 2.75) is 19.6 Å². The van der Waals surface area contributed by atoms with E-state index in [4.69, 9.17) is 30.2 Å². The summed E-state index contributed by atoms with van der Waals surface area (Å²) in [5.41, 5.74) is 0.170. The van der Waals surface area contributed by atoms with Crippen LogP contribution in [0.25, 0.3) is 0 Å². The predicted octanol–water partition coefficient (Wildman–Crippen LogP) is 4.37. The molecule has 0 spiro atoms. The molecule has 11 heteroatoms. The molecule has 0 bridgehead atoms. The molecule has 2 heterocycles. The van der Waals surface area contributed by atoms with E-state index in [0.29, 0.717) is 10.8 Å². The molecular formula is C21H25ClN4O5Si. The standard InChI is InChI=1S/C21H25ClN4O5Si/c1-23-21-25-19(28-2)17(20(26-21)29-3)24-18(27)14-9-10-16(30-14)31-15-11-12(32(4,5)6)7-8-13(15)22/h7-11H,1-6H3,(H,24,27)(H,23,25,26).